The lowest BCUT2D eigenvalue weighted by molar-refractivity contribution is -0.137. The van der Waals surface area contributed by atoms with Crippen LogP contribution in [0.15, 0.2) is 29.1 Å². The van der Waals surface area contributed by atoms with Gasteiger partial charge in [0.05, 0.1) is 16.9 Å². The maximum Gasteiger partial charge on any atom is 0.261 e. The summed E-state index contributed by atoms with van der Waals surface area (Å²) in [5.41, 5.74) is 0.776. The summed E-state index contributed by atoms with van der Waals surface area (Å²) in [4.78, 5) is 32.2. The van der Waals surface area contributed by atoms with Crippen molar-refractivity contribution < 1.29 is 4.79 Å². The van der Waals surface area contributed by atoms with Gasteiger partial charge in [-0.05, 0) is 25.0 Å². The molecule has 2 aromatic rings. The molecule has 2 atom stereocenters. The summed E-state index contributed by atoms with van der Waals surface area (Å²) in [6.45, 7) is 4.46. The Balaban J connectivity index is 1.83. The molecule has 2 aliphatic heterocycles. The van der Waals surface area contributed by atoms with Gasteiger partial charge in [0.2, 0.25) is 5.91 Å². The van der Waals surface area contributed by atoms with Gasteiger partial charge in [-0.15, -0.1) is 0 Å². The minimum Gasteiger partial charge on any atom is -0.334 e. The van der Waals surface area contributed by atoms with Gasteiger partial charge in [-0.1, -0.05) is 26.0 Å². The molecule has 2 bridgehead atoms. The average molecular weight is 311 g/mol. The van der Waals surface area contributed by atoms with E-state index in [4.69, 9.17) is 4.98 Å². The van der Waals surface area contributed by atoms with Crippen molar-refractivity contribution in [2.75, 3.05) is 0 Å². The Morgan fingerprint density at radius 3 is 2.74 bits per heavy atom. The van der Waals surface area contributed by atoms with E-state index in [9.17, 15) is 9.59 Å². The first-order chi connectivity index (χ1) is 11.1. The highest BCUT2D eigenvalue weighted by Crippen LogP contribution is 2.32. The van der Waals surface area contributed by atoms with Crippen molar-refractivity contribution in [3.05, 3.63) is 40.4 Å². The van der Waals surface area contributed by atoms with Gasteiger partial charge >= 0.3 is 0 Å². The topological polar surface area (TPSA) is 55.2 Å². The quantitative estimate of drug-likeness (QED) is 0.809. The Morgan fingerprint density at radius 2 is 1.96 bits per heavy atom. The molecular formula is C18H21N3O2. The van der Waals surface area contributed by atoms with Crippen LogP contribution in [0.2, 0.25) is 0 Å². The molecule has 1 aromatic heterocycles. The molecule has 0 radical (unpaired) electrons. The van der Waals surface area contributed by atoms with Crippen LogP contribution in [0.5, 0.6) is 0 Å². The summed E-state index contributed by atoms with van der Waals surface area (Å²) in [6.07, 6.45) is 2.66. The van der Waals surface area contributed by atoms with Gasteiger partial charge in [0.25, 0.3) is 5.56 Å². The first kappa shape index (κ1) is 14.4. The summed E-state index contributed by atoms with van der Waals surface area (Å²) in [5, 5.41) is 0.663. The van der Waals surface area contributed by atoms with Gasteiger partial charge in [0.1, 0.15) is 5.82 Å². The normalized spacial score (nSPS) is 23.2. The highest BCUT2D eigenvalue weighted by Gasteiger charge is 2.41. The van der Waals surface area contributed by atoms with E-state index in [1.54, 1.807) is 4.57 Å². The van der Waals surface area contributed by atoms with Crippen molar-refractivity contribution in [3.63, 3.8) is 0 Å². The SMILES string of the molecule is CC(C)C(=O)N1[C@@H]2CC[C@H]1Cn1c(nc3ccccc3c1=O)C2. The summed E-state index contributed by atoms with van der Waals surface area (Å²) in [7, 11) is 0. The predicted molar refractivity (Wildman–Crippen MR) is 88.2 cm³/mol. The second kappa shape index (κ2) is 5.18. The molecule has 0 aliphatic carbocycles. The highest BCUT2D eigenvalue weighted by atomic mass is 16.2. The lowest BCUT2D eigenvalue weighted by Crippen LogP contribution is -2.44. The van der Waals surface area contributed by atoms with E-state index in [0.717, 1.165) is 24.2 Å². The molecular weight excluding hydrogens is 290 g/mol. The Kier molecular flexibility index (Phi) is 3.25. The molecule has 5 heteroatoms. The number of benzene rings is 1. The molecule has 0 saturated carbocycles. The number of para-hydroxylation sites is 1. The smallest absolute Gasteiger partial charge is 0.261 e. The van der Waals surface area contributed by atoms with E-state index in [0.29, 0.717) is 18.4 Å². The van der Waals surface area contributed by atoms with Crippen molar-refractivity contribution in [3.8, 4) is 0 Å². The molecule has 0 spiro atoms. The standard InChI is InChI=1S/C18H21N3O2/c1-11(2)17(22)21-12-7-8-13(21)10-20-16(9-12)19-15-6-4-3-5-14(15)18(20)23/h3-6,11-13H,7-10H2,1-2H3/t12-,13+/m1/s1. The Bertz CT molecular complexity index is 840. The second-order valence-corrected chi connectivity index (χ2v) is 6.95. The molecule has 4 rings (SSSR count). The van der Waals surface area contributed by atoms with Gasteiger partial charge in [-0.2, -0.15) is 0 Å². The highest BCUT2D eigenvalue weighted by molar-refractivity contribution is 5.79. The lowest BCUT2D eigenvalue weighted by Gasteiger charge is -2.29. The van der Waals surface area contributed by atoms with Gasteiger partial charge in [-0.25, -0.2) is 4.98 Å². The summed E-state index contributed by atoms with van der Waals surface area (Å²) in [6, 6.07) is 7.79. The third-order valence-electron chi connectivity index (χ3n) is 5.12. The minimum atomic E-state index is -0.0111. The number of nitrogens with zero attached hydrogens (tertiary/aromatic N) is 3. The van der Waals surface area contributed by atoms with E-state index >= 15 is 0 Å². The van der Waals surface area contributed by atoms with E-state index in [2.05, 4.69) is 0 Å². The molecule has 120 valence electrons. The van der Waals surface area contributed by atoms with Crippen LogP contribution < -0.4 is 5.56 Å². The fraction of sp³-hybridized carbons (Fsp3) is 0.500. The number of hydrogen-bond acceptors (Lipinski definition) is 3. The number of hydrogen-bond donors (Lipinski definition) is 0. The van der Waals surface area contributed by atoms with Crippen molar-refractivity contribution in [2.24, 2.45) is 5.92 Å². The van der Waals surface area contributed by atoms with Gasteiger partial charge in [-0.3, -0.25) is 14.2 Å². The number of rotatable bonds is 1. The first-order valence-electron chi connectivity index (χ1n) is 8.37. The van der Waals surface area contributed by atoms with Crippen molar-refractivity contribution in [2.45, 2.75) is 51.7 Å². The summed E-state index contributed by atoms with van der Waals surface area (Å²) < 4.78 is 1.80. The molecule has 2 aliphatic rings. The van der Waals surface area contributed by atoms with Crippen LogP contribution in [0.4, 0.5) is 0 Å². The van der Waals surface area contributed by atoms with Crippen LogP contribution in [0, 0.1) is 5.92 Å². The van der Waals surface area contributed by atoms with Crippen LogP contribution in [-0.4, -0.2) is 32.4 Å². The molecule has 1 amide bonds. The largest absolute Gasteiger partial charge is 0.334 e. The van der Waals surface area contributed by atoms with E-state index in [1.165, 1.54) is 0 Å². The van der Waals surface area contributed by atoms with E-state index in [1.807, 2.05) is 43.0 Å². The fourth-order valence-electron chi connectivity index (χ4n) is 3.98. The molecule has 1 saturated heterocycles. The lowest BCUT2D eigenvalue weighted by atomic mass is 10.1. The van der Waals surface area contributed by atoms with E-state index < -0.39 is 0 Å². The van der Waals surface area contributed by atoms with Crippen molar-refractivity contribution in [1.82, 2.24) is 14.5 Å². The van der Waals surface area contributed by atoms with Gasteiger partial charge in [0, 0.05) is 24.9 Å². The van der Waals surface area contributed by atoms with Gasteiger partial charge in [0.15, 0.2) is 0 Å². The van der Waals surface area contributed by atoms with E-state index in [-0.39, 0.29) is 29.5 Å². The zero-order valence-electron chi connectivity index (χ0n) is 13.5. The third-order valence-corrected chi connectivity index (χ3v) is 5.12. The van der Waals surface area contributed by atoms with Crippen molar-refractivity contribution in [1.29, 1.82) is 0 Å². The monoisotopic (exact) mass is 311 g/mol. The number of amides is 1. The van der Waals surface area contributed by atoms with Crippen LogP contribution in [-0.2, 0) is 17.8 Å². The zero-order chi connectivity index (χ0) is 16.1. The summed E-state index contributed by atoms with van der Waals surface area (Å²) in [5.74, 6) is 1.01. The fourth-order valence-corrected chi connectivity index (χ4v) is 3.98. The molecule has 5 nitrogen and oxygen atoms in total. The van der Waals surface area contributed by atoms with Crippen LogP contribution in [0.25, 0.3) is 10.9 Å². The molecule has 1 aromatic carbocycles. The molecule has 0 N–H and O–H groups in total. The number of carbonyl (C=O) groups is 1. The molecule has 1 fully saturated rings. The van der Waals surface area contributed by atoms with Crippen LogP contribution in [0.3, 0.4) is 0 Å². The Labute approximate surface area is 134 Å². The number of aromatic nitrogens is 2. The zero-order valence-corrected chi connectivity index (χ0v) is 13.5. The van der Waals surface area contributed by atoms with Crippen LogP contribution in [0.1, 0.15) is 32.5 Å². The third kappa shape index (κ3) is 2.18. The second-order valence-electron chi connectivity index (χ2n) is 6.95. The minimum absolute atomic E-state index is 0.0111. The maximum atomic E-state index is 12.8. The van der Waals surface area contributed by atoms with Gasteiger partial charge < -0.3 is 4.90 Å². The summed E-state index contributed by atoms with van der Waals surface area (Å²) >= 11 is 0. The number of carbonyl (C=O) groups excluding carboxylic acids is 1. The molecule has 3 heterocycles. The Hall–Kier alpha value is -2.17. The first-order valence-corrected chi connectivity index (χ1v) is 8.37. The Morgan fingerprint density at radius 1 is 1.22 bits per heavy atom. The molecule has 23 heavy (non-hydrogen) atoms. The van der Waals surface area contributed by atoms with Crippen molar-refractivity contribution >= 4 is 16.8 Å². The number of fused-ring (bicyclic) bond motifs is 4. The predicted octanol–water partition coefficient (Wildman–Crippen LogP) is 1.97. The molecule has 0 unspecified atom stereocenters. The van der Waals surface area contributed by atoms with Crippen LogP contribution >= 0.6 is 0 Å². The maximum absolute atomic E-state index is 12.8. The average Bonchev–Trinajstić information content (AvgIpc) is 2.83.